The van der Waals surface area contributed by atoms with Gasteiger partial charge in [-0.2, -0.15) is 4.98 Å². The van der Waals surface area contributed by atoms with Gasteiger partial charge in [-0.15, -0.1) is 5.10 Å². The highest BCUT2D eigenvalue weighted by Gasteiger charge is 2.52. The van der Waals surface area contributed by atoms with Gasteiger partial charge >= 0.3 is 0 Å². The zero-order valence-electron chi connectivity index (χ0n) is 18.9. The largest absolute Gasteiger partial charge is 0.342 e. The van der Waals surface area contributed by atoms with Gasteiger partial charge in [-0.3, -0.25) is 14.9 Å². The molecule has 2 aromatic heterocycles. The Bertz CT molecular complexity index is 1450. The van der Waals surface area contributed by atoms with Gasteiger partial charge < -0.3 is 10.6 Å². The molecule has 2 aliphatic carbocycles. The standard InChI is InChI=1S/C27H24N6O/c1-15-12-17(4-7-20(15)18-5-9-23(28-14-18)16-2-3-16)24-30-26(33-32-24)29-19-6-8-21-22(13-19)27(10-11-27)31-25(21)34/h4-9,12-14,16H,2-3,10-11H2,1H3,(H,31,34)(H2,29,30,32,33). The van der Waals surface area contributed by atoms with Crippen molar-refractivity contribution in [3.8, 4) is 22.5 Å². The zero-order valence-corrected chi connectivity index (χ0v) is 18.9. The molecule has 3 heterocycles. The van der Waals surface area contributed by atoms with E-state index in [-0.39, 0.29) is 11.4 Å². The molecule has 0 atom stereocenters. The SMILES string of the molecule is Cc1cc(-c2nc(Nc3ccc4c(c3)C3(CC3)NC4=O)n[nH]2)ccc1-c1ccc(C2CC2)nc1. The lowest BCUT2D eigenvalue weighted by Gasteiger charge is -2.09. The van der Waals surface area contributed by atoms with Crippen LogP contribution in [-0.2, 0) is 5.54 Å². The summed E-state index contributed by atoms with van der Waals surface area (Å²) >= 11 is 0. The highest BCUT2D eigenvalue weighted by Crippen LogP contribution is 2.51. The van der Waals surface area contributed by atoms with Crippen LogP contribution >= 0.6 is 0 Å². The molecule has 2 saturated carbocycles. The number of aromatic amines is 1. The van der Waals surface area contributed by atoms with Crippen molar-refractivity contribution < 1.29 is 4.79 Å². The fourth-order valence-electron chi connectivity index (χ4n) is 4.98. The third-order valence-corrected chi connectivity index (χ3v) is 7.22. The lowest BCUT2D eigenvalue weighted by atomic mass is 9.99. The van der Waals surface area contributed by atoms with Gasteiger partial charge in [-0.25, -0.2) is 0 Å². The Labute approximate surface area is 197 Å². The molecule has 1 amide bonds. The summed E-state index contributed by atoms with van der Waals surface area (Å²) in [5.74, 6) is 1.89. The highest BCUT2D eigenvalue weighted by atomic mass is 16.2. The zero-order chi connectivity index (χ0) is 22.9. The van der Waals surface area contributed by atoms with E-state index >= 15 is 0 Å². The van der Waals surface area contributed by atoms with Crippen LogP contribution in [0.15, 0.2) is 54.7 Å². The van der Waals surface area contributed by atoms with Crippen LogP contribution in [0.1, 0.15) is 58.8 Å². The second-order valence-electron chi connectivity index (χ2n) is 9.70. The lowest BCUT2D eigenvalue weighted by Crippen LogP contribution is -2.25. The quantitative estimate of drug-likeness (QED) is 0.390. The summed E-state index contributed by atoms with van der Waals surface area (Å²) in [4.78, 5) is 21.5. The number of carbonyl (C=O) groups excluding carboxylic acids is 1. The van der Waals surface area contributed by atoms with Crippen molar-refractivity contribution in [2.24, 2.45) is 0 Å². The number of hydrogen-bond acceptors (Lipinski definition) is 5. The van der Waals surface area contributed by atoms with E-state index in [1.807, 2.05) is 24.4 Å². The molecule has 0 radical (unpaired) electrons. The third-order valence-electron chi connectivity index (χ3n) is 7.22. The molecule has 3 N–H and O–H groups in total. The van der Waals surface area contributed by atoms with E-state index in [1.54, 1.807) is 0 Å². The normalized spacial score (nSPS) is 17.5. The Morgan fingerprint density at radius 2 is 1.82 bits per heavy atom. The first kappa shape index (κ1) is 19.5. The molecule has 7 nitrogen and oxygen atoms in total. The topological polar surface area (TPSA) is 95.6 Å². The number of nitrogens with one attached hydrogen (secondary N) is 3. The second-order valence-corrected chi connectivity index (χ2v) is 9.70. The smallest absolute Gasteiger partial charge is 0.252 e. The molecule has 7 rings (SSSR count). The molecular formula is C27H24N6O. The van der Waals surface area contributed by atoms with Crippen molar-refractivity contribution in [3.05, 3.63) is 77.1 Å². The Morgan fingerprint density at radius 1 is 1.00 bits per heavy atom. The predicted molar refractivity (Wildman–Crippen MR) is 130 cm³/mol. The second kappa shape index (κ2) is 7.00. The predicted octanol–water partition coefficient (Wildman–Crippen LogP) is 5.20. The minimum atomic E-state index is -0.152. The number of carbonyl (C=O) groups is 1. The molecule has 2 fully saturated rings. The van der Waals surface area contributed by atoms with Gasteiger partial charge in [0, 0.05) is 40.2 Å². The molecule has 3 aliphatic rings. The number of aryl methyl sites for hydroxylation is 1. The van der Waals surface area contributed by atoms with E-state index in [2.05, 4.69) is 68.1 Å². The van der Waals surface area contributed by atoms with Gasteiger partial charge in [0.1, 0.15) is 0 Å². The summed E-state index contributed by atoms with van der Waals surface area (Å²) in [7, 11) is 0. The maximum absolute atomic E-state index is 12.2. The number of fused-ring (bicyclic) bond motifs is 2. The fourth-order valence-corrected chi connectivity index (χ4v) is 4.98. The first-order valence-electron chi connectivity index (χ1n) is 11.8. The molecule has 1 aliphatic heterocycles. The first-order chi connectivity index (χ1) is 16.6. The van der Waals surface area contributed by atoms with Gasteiger partial charge in [-0.1, -0.05) is 18.2 Å². The average Bonchev–Trinajstić information content (AvgIpc) is 3.77. The number of anilines is 2. The molecule has 1 spiro atoms. The van der Waals surface area contributed by atoms with Gasteiger partial charge in [0.25, 0.3) is 5.91 Å². The average molecular weight is 449 g/mol. The molecule has 7 heteroatoms. The van der Waals surface area contributed by atoms with Crippen molar-refractivity contribution in [1.29, 1.82) is 0 Å². The number of aromatic nitrogens is 4. The molecule has 168 valence electrons. The number of rotatable bonds is 5. The van der Waals surface area contributed by atoms with Crippen LogP contribution in [0, 0.1) is 6.92 Å². The Morgan fingerprint density at radius 3 is 2.56 bits per heavy atom. The minimum absolute atomic E-state index is 0.0210. The van der Waals surface area contributed by atoms with Crippen LogP contribution in [-0.4, -0.2) is 26.1 Å². The van der Waals surface area contributed by atoms with E-state index < -0.39 is 0 Å². The lowest BCUT2D eigenvalue weighted by molar-refractivity contribution is 0.0952. The van der Waals surface area contributed by atoms with Gasteiger partial charge in [0.2, 0.25) is 5.95 Å². The van der Waals surface area contributed by atoms with Gasteiger partial charge in [-0.05, 0) is 79.6 Å². The maximum Gasteiger partial charge on any atom is 0.252 e. The number of hydrogen-bond donors (Lipinski definition) is 3. The van der Waals surface area contributed by atoms with E-state index in [9.17, 15) is 4.79 Å². The summed E-state index contributed by atoms with van der Waals surface area (Å²) in [6, 6.07) is 16.4. The van der Waals surface area contributed by atoms with Crippen molar-refractivity contribution in [2.45, 2.75) is 44.1 Å². The van der Waals surface area contributed by atoms with Gasteiger partial charge in [0.15, 0.2) is 5.82 Å². The molecule has 0 bridgehead atoms. The molecule has 2 aromatic carbocycles. The maximum atomic E-state index is 12.2. The van der Waals surface area contributed by atoms with E-state index in [0.29, 0.717) is 17.7 Å². The minimum Gasteiger partial charge on any atom is -0.342 e. The van der Waals surface area contributed by atoms with Crippen LogP contribution in [0.25, 0.3) is 22.5 Å². The van der Waals surface area contributed by atoms with Crippen LogP contribution in [0.2, 0.25) is 0 Å². The van der Waals surface area contributed by atoms with Crippen molar-refractivity contribution in [1.82, 2.24) is 25.5 Å². The molecular weight excluding hydrogens is 424 g/mol. The number of nitrogens with zero attached hydrogens (tertiary/aromatic N) is 3. The van der Waals surface area contributed by atoms with Crippen molar-refractivity contribution in [3.63, 3.8) is 0 Å². The molecule has 0 unspecified atom stereocenters. The Kier molecular flexibility index (Phi) is 4.01. The van der Waals surface area contributed by atoms with Crippen molar-refractivity contribution >= 4 is 17.5 Å². The Balaban J connectivity index is 1.11. The number of amides is 1. The first-order valence-corrected chi connectivity index (χ1v) is 11.8. The summed E-state index contributed by atoms with van der Waals surface area (Å²) in [5, 5.41) is 13.8. The van der Waals surface area contributed by atoms with Crippen LogP contribution in [0.3, 0.4) is 0 Å². The number of H-pyrrole nitrogens is 1. The molecule has 34 heavy (non-hydrogen) atoms. The number of benzene rings is 2. The summed E-state index contributed by atoms with van der Waals surface area (Å²) in [6.07, 6.45) is 6.50. The Hall–Kier alpha value is -4.00. The molecule has 0 saturated heterocycles. The van der Waals surface area contributed by atoms with E-state index in [1.165, 1.54) is 24.1 Å². The van der Waals surface area contributed by atoms with E-state index in [4.69, 9.17) is 0 Å². The fraction of sp³-hybridized carbons (Fsp3) is 0.259. The third kappa shape index (κ3) is 3.19. The van der Waals surface area contributed by atoms with Crippen LogP contribution in [0.5, 0.6) is 0 Å². The van der Waals surface area contributed by atoms with Crippen molar-refractivity contribution in [2.75, 3.05) is 5.32 Å². The monoisotopic (exact) mass is 448 g/mol. The van der Waals surface area contributed by atoms with Gasteiger partial charge in [0.05, 0.1) is 5.54 Å². The van der Waals surface area contributed by atoms with Crippen LogP contribution in [0.4, 0.5) is 11.6 Å². The highest BCUT2D eigenvalue weighted by molar-refractivity contribution is 6.01. The summed E-state index contributed by atoms with van der Waals surface area (Å²) in [5.41, 5.74) is 8.22. The molecule has 4 aromatic rings. The van der Waals surface area contributed by atoms with E-state index in [0.717, 1.165) is 46.3 Å². The van der Waals surface area contributed by atoms with Crippen LogP contribution < -0.4 is 10.6 Å². The summed E-state index contributed by atoms with van der Waals surface area (Å²) in [6.45, 7) is 2.11. The number of pyridine rings is 1. The summed E-state index contributed by atoms with van der Waals surface area (Å²) < 4.78 is 0.